The van der Waals surface area contributed by atoms with Gasteiger partial charge in [0.2, 0.25) is 0 Å². The number of thiophene rings is 1. The first-order valence-corrected chi connectivity index (χ1v) is 9.37. The standard InChI is InChI=1S/C13H14F3N3O4S2/c1-3-19-6-8(5-17-19)25(21,22)18-11-10(12(20)23-4-2)9(7-24-11)13(14,15)16/h5-7,18H,3-4H2,1-2H3. The Morgan fingerprint density at radius 3 is 2.60 bits per heavy atom. The minimum absolute atomic E-state index is 0.151. The first-order valence-electron chi connectivity index (χ1n) is 7.01. The lowest BCUT2D eigenvalue weighted by Gasteiger charge is -2.10. The highest BCUT2D eigenvalue weighted by Crippen LogP contribution is 2.40. The van der Waals surface area contributed by atoms with Crippen molar-refractivity contribution in [3.8, 4) is 0 Å². The number of carbonyl (C=O) groups excluding carboxylic acids is 1. The highest BCUT2D eigenvalue weighted by molar-refractivity contribution is 7.93. The van der Waals surface area contributed by atoms with E-state index in [1.54, 1.807) is 6.92 Å². The number of aromatic nitrogens is 2. The number of aryl methyl sites for hydroxylation is 1. The zero-order valence-corrected chi connectivity index (χ0v) is 14.8. The average Bonchev–Trinajstić information content (AvgIpc) is 3.13. The summed E-state index contributed by atoms with van der Waals surface area (Å²) in [6, 6.07) is 0. The third-order valence-electron chi connectivity index (χ3n) is 3.05. The molecule has 0 aliphatic carbocycles. The first-order chi connectivity index (χ1) is 11.6. The summed E-state index contributed by atoms with van der Waals surface area (Å²) in [6.07, 6.45) is -2.53. The molecule has 2 aromatic heterocycles. The number of alkyl halides is 3. The van der Waals surface area contributed by atoms with Crippen molar-refractivity contribution in [2.24, 2.45) is 0 Å². The van der Waals surface area contributed by atoms with Crippen molar-refractivity contribution in [3.05, 3.63) is 28.9 Å². The fourth-order valence-electron chi connectivity index (χ4n) is 1.88. The Morgan fingerprint density at radius 2 is 2.08 bits per heavy atom. The molecule has 7 nitrogen and oxygen atoms in total. The van der Waals surface area contributed by atoms with Crippen molar-refractivity contribution >= 4 is 32.3 Å². The molecule has 0 bridgehead atoms. The second-order valence-electron chi connectivity index (χ2n) is 4.71. The SMILES string of the molecule is CCOC(=O)c1c(C(F)(F)F)csc1NS(=O)(=O)c1cnn(CC)c1. The van der Waals surface area contributed by atoms with Gasteiger partial charge in [-0.05, 0) is 13.8 Å². The fraction of sp³-hybridized carbons (Fsp3) is 0.385. The van der Waals surface area contributed by atoms with Gasteiger partial charge in [-0.25, -0.2) is 13.2 Å². The van der Waals surface area contributed by atoms with E-state index in [9.17, 15) is 26.4 Å². The molecule has 0 atom stereocenters. The third kappa shape index (κ3) is 4.12. The lowest BCUT2D eigenvalue weighted by Crippen LogP contribution is -2.17. The number of hydrogen-bond donors (Lipinski definition) is 1. The van der Waals surface area contributed by atoms with E-state index in [1.807, 2.05) is 4.72 Å². The van der Waals surface area contributed by atoms with Crippen LogP contribution in [0, 0.1) is 0 Å². The van der Waals surface area contributed by atoms with Gasteiger partial charge in [0.1, 0.15) is 15.5 Å². The molecule has 0 aromatic carbocycles. The number of halogens is 3. The van der Waals surface area contributed by atoms with Gasteiger partial charge < -0.3 is 4.74 Å². The van der Waals surface area contributed by atoms with Crippen LogP contribution in [0.1, 0.15) is 29.8 Å². The summed E-state index contributed by atoms with van der Waals surface area (Å²) in [5.41, 5.74) is -2.11. The quantitative estimate of drug-likeness (QED) is 0.757. The Hall–Kier alpha value is -2.08. The van der Waals surface area contributed by atoms with Crippen molar-refractivity contribution in [1.29, 1.82) is 0 Å². The van der Waals surface area contributed by atoms with Crippen molar-refractivity contribution in [2.45, 2.75) is 31.5 Å². The van der Waals surface area contributed by atoms with Crippen molar-refractivity contribution in [2.75, 3.05) is 11.3 Å². The van der Waals surface area contributed by atoms with Gasteiger partial charge in [-0.15, -0.1) is 11.3 Å². The van der Waals surface area contributed by atoms with Crippen LogP contribution in [0.4, 0.5) is 18.2 Å². The number of ether oxygens (including phenoxy) is 1. The second-order valence-corrected chi connectivity index (χ2v) is 7.27. The molecule has 0 amide bonds. The minimum Gasteiger partial charge on any atom is -0.462 e. The molecule has 0 saturated carbocycles. The van der Waals surface area contributed by atoms with E-state index in [2.05, 4.69) is 9.84 Å². The van der Waals surface area contributed by atoms with Gasteiger partial charge in [0.25, 0.3) is 10.0 Å². The van der Waals surface area contributed by atoms with Gasteiger partial charge in [0.05, 0.1) is 18.4 Å². The first kappa shape index (κ1) is 19.2. The number of nitrogens with one attached hydrogen (secondary N) is 1. The van der Waals surface area contributed by atoms with Crippen LogP contribution in [-0.2, 0) is 27.5 Å². The number of rotatable bonds is 6. The molecule has 12 heteroatoms. The van der Waals surface area contributed by atoms with Gasteiger partial charge in [-0.3, -0.25) is 9.40 Å². The molecule has 138 valence electrons. The second kappa shape index (κ2) is 7.04. The molecule has 0 fully saturated rings. The summed E-state index contributed by atoms with van der Waals surface area (Å²) in [5.74, 6) is -1.25. The van der Waals surface area contributed by atoms with Gasteiger partial charge in [0.15, 0.2) is 0 Å². The van der Waals surface area contributed by atoms with E-state index in [1.165, 1.54) is 17.8 Å². The van der Waals surface area contributed by atoms with Crippen LogP contribution in [-0.4, -0.2) is 30.8 Å². The summed E-state index contributed by atoms with van der Waals surface area (Å²) < 4.78 is 71.9. The van der Waals surface area contributed by atoms with Crippen LogP contribution < -0.4 is 4.72 Å². The van der Waals surface area contributed by atoms with Crippen LogP contribution in [0.15, 0.2) is 22.7 Å². The topological polar surface area (TPSA) is 90.3 Å². The molecule has 2 aromatic rings. The van der Waals surface area contributed by atoms with E-state index in [0.717, 1.165) is 6.20 Å². The minimum atomic E-state index is -4.82. The molecule has 0 aliphatic rings. The Labute approximate surface area is 145 Å². The Kier molecular flexibility index (Phi) is 5.42. The normalized spacial score (nSPS) is 12.2. The maximum absolute atomic E-state index is 13.1. The summed E-state index contributed by atoms with van der Waals surface area (Å²) in [6.45, 7) is 3.44. The molecule has 25 heavy (non-hydrogen) atoms. The highest BCUT2D eigenvalue weighted by Gasteiger charge is 2.39. The summed E-state index contributed by atoms with van der Waals surface area (Å²) >= 11 is 0.453. The number of anilines is 1. The smallest absolute Gasteiger partial charge is 0.418 e. The molecule has 0 unspecified atom stereocenters. The molecule has 2 rings (SSSR count). The van der Waals surface area contributed by atoms with E-state index >= 15 is 0 Å². The van der Waals surface area contributed by atoms with Gasteiger partial charge in [-0.1, -0.05) is 0 Å². The van der Waals surface area contributed by atoms with Crippen LogP contribution in [0.25, 0.3) is 0 Å². The maximum atomic E-state index is 13.1. The van der Waals surface area contributed by atoms with E-state index in [4.69, 9.17) is 0 Å². The molecule has 1 N–H and O–H groups in total. The van der Waals surface area contributed by atoms with Crippen LogP contribution >= 0.6 is 11.3 Å². The molecular weight excluding hydrogens is 383 g/mol. The van der Waals surface area contributed by atoms with E-state index in [0.29, 0.717) is 23.3 Å². The van der Waals surface area contributed by atoms with Gasteiger partial charge in [0, 0.05) is 18.1 Å². The predicted molar refractivity (Wildman–Crippen MR) is 84.0 cm³/mol. The van der Waals surface area contributed by atoms with Crippen molar-refractivity contribution in [3.63, 3.8) is 0 Å². The van der Waals surface area contributed by atoms with Crippen molar-refractivity contribution in [1.82, 2.24) is 9.78 Å². The van der Waals surface area contributed by atoms with Crippen molar-refractivity contribution < 1.29 is 31.1 Å². The number of hydrogen-bond acceptors (Lipinski definition) is 6. The van der Waals surface area contributed by atoms with Crippen LogP contribution in [0.3, 0.4) is 0 Å². The summed E-state index contributed by atoms with van der Waals surface area (Å²) in [5, 5.41) is 4.01. The number of sulfonamides is 1. The Morgan fingerprint density at radius 1 is 1.40 bits per heavy atom. The monoisotopic (exact) mass is 397 g/mol. The number of esters is 1. The number of carbonyl (C=O) groups is 1. The number of nitrogens with zero attached hydrogens (tertiary/aromatic N) is 2. The van der Waals surface area contributed by atoms with Crippen LogP contribution in [0.5, 0.6) is 0 Å². The zero-order chi connectivity index (χ0) is 18.8. The summed E-state index contributed by atoms with van der Waals surface area (Å²) in [7, 11) is -4.20. The lowest BCUT2D eigenvalue weighted by molar-refractivity contribution is -0.137. The largest absolute Gasteiger partial charge is 0.462 e. The molecule has 2 heterocycles. The third-order valence-corrected chi connectivity index (χ3v) is 5.38. The predicted octanol–water partition coefficient (Wildman–Crippen LogP) is 2.96. The van der Waals surface area contributed by atoms with Gasteiger partial charge >= 0.3 is 12.1 Å². The van der Waals surface area contributed by atoms with Crippen LogP contribution in [0.2, 0.25) is 0 Å². The Bertz CT molecular complexity index is 871. The van der Waals surface area contributed by atoms with E-state index < -0.39 is 38.3 Å². The summed E-state index contributed by atoms with van der Waals surface area (Å²) in [4.78, 5) is 11.7. The molecular formula is C13H14F3N3O4S2. The van der Waals surface area contributed by atoms with Gasteiger partial charge in [-0.2, -0.15) is 18.3 Å². The molecule has 0 aliphatic heterocycles. The molecule has 0 radical (unpaired) electrons. The maximum Gasteiger partial charge on any atom is 0.418 e. The van der Waals surface area contributed by atoms with E-state index in [-0.39, 0.29) is 11.5 Å². The zero-order valence-electron chi connectivity index (χ0n) is 13.1. The molecule has 0 saturated heterocycles. The lowest BCUT2D eigenvalue weighted by atomic mass is 10.2. The fourth-order valence-corrected chi connectivity index (χ4v) is 4.12. The Balaban J connectivity index is 2.45. The molecule has 0 spiro atoms. The highest BCUT2D eigenvalue weighted by atomic mass is 32.2. The average molecular weight is 397 g/mol.